The molecule has 0 aliphatic heterocycles. The molecule has 1 aliphatic rings. The van der Waals surface area contributed by atoms with E-state index < -0.39 is 24.0 Å². The van der Waals surface area contributed by atoms with Gasteiger partial charge in [0.2, 0.25) is 11.5 Å². The zero-order valence-electron chi connectivity index (χ0n) is 16.4. The van der Waals surface area contributed by atoms with Crippen molar-refractivity contribution in [3.8, 4) is 11.1 Å². The van der Waals surface area contributed by atoms with Crippen molar-refractivity contribution in [1.82, 2.24) is 15.6 Å². The van der Waals surface area contributed by atoms with Crippen molar-refractivity contribution in [2.45, 2.75) is 18.9 Å². The van der Waals surface area contributed by atoms with Crippen molar-refractivity contribution in [2.75, 3.05) is 11.9 Å². The summed E-state index contributed by atoms with van der Waals surface area (Å²) in [7, 11) is 0. The highest BCUT2D eigenvalue weighted by Crippen LogP contribution is 2.44. The molecule has 0 radical (unpaired) electrons. The van der Waals surface area contributed by atoms with E-state index in [0.717, 1.165) is 22.3 Å². The molecule has 2 aromatic carbocycles. The fraction of sp³-hybridized carbons (Fsp3) is 0.190. The Hall–Kier alpha value is -4.21. The summed E-state index contributed by atoms with van der Waals surface area (Å²) in [5, 5.41) is 20.3. The van der Waals surface area contributed by atoms with Gasteiger partial charge in [0.05, 0.1) is 0 Å². The van der Waals surface area contributed by atoms with Crippen LogP contribution < -0.4 is 10.6 Å². The van der Waals surface area contributed by atoms with Crippen LogP contribution in [0.3, 0.4) is 0 Å². The second-order valence-corrected chi connectivity index (χ2v) is 6.95. The summed E-state index contributed by atoms with van der Waals surface area (Å²) in [5.41, 5.74) is 3.95. The maximum Gasteiger partial charge on any atom is 0.412 e. The monoisotopic (exact) mass is 422 g/mol. The van der Waals surface area contributed by atoms with E-state index in [1.807, 2.05) is 48.5 Å². The molecule has 1 aromatic heterocycles. The van der Waals surface area contributed by atoms with E-state index in [9.17, 15) is 14.4 Å². The molecule has 10 heteroatoms. The number of benzene rings is 2. The van der Waals surface area contributed by atoms with E-state index in [2.05, 4.69) is 25.6 Å². The molecule has 1 heterocycles. The first-order valence-corrected chi connectivity index (χ1v) is 9.44. The number of aliphatic carboxylic acids is 1. The lowest BCUT2D eigenvalue weighted by molar-refractivity contribution is -0.138. The number of nitrogens with zero attached hydrogens (tertiary/aromatic N) is 2. The molecule has 10 nitrogen and oxygen atoms in total. The highest BCUT2D eigenvalue weighted by atomic mass is 16.6. The van der Waals surface area contributed by atoms with Gasteiger partial charge >= 0.3 is 12.1 Å². The molecule has 3 aromatic rings. The lowest BCUT2D eigenvalue weighted by Crippen LogP contribution is -2.38. The van der Waals surface area contributed by atoms with Gasteiger partial charge in [0.1, 0.15) is 12.6 Å². The molecular formula is C21H18N4O6. The number of carbonyl (C=O) groups is 3. The van der Waals surface area contributed by atoms with Gasteiger partial charge in [-0.3, -0.25) is 14.9 Å². The molecule has 31 heavy (non-hydrogen) atoms. The Morgan fingerprint density at radius 3 is 2.29 bits per heavy atom. The van der Waals surface area contributed by atoms with Crippen molar-refractivity contribution in [3.05, 3.63) is 65.4 Å². The van der Waals surface area contributed by atoms with Gasteiger partial charge in [0.15, 0.2) is 0 Å². The quantitative estimate of drug-likeness (QED) is 0.550. The van der Waals surface area contributed by atoms with Crippen LogP contribution in [0.15, 0.2) is 53.2 Å². The molecule has 3 N–H and O–H groups in total. The van der Waals surface area contributed by atoms with Crippen molar-refractivity contribution in [3.63, 3.8) is 0 Å². The summed E-state index contributed by atoms with van der Waals surface area (Å²) in [6.45, 7) is 1.36. The molecule has 1 aliphatic carbocycles. The van der Waals surface area contributed by atoms with E-state index in [0.29, 0.717) is 0 Å². The van der Waals surface area contributed by atoms with Gasteiger partial charge in [-0.05, 0) is 39.5 Å². The van der Waals surface area contributed by atoms with E-state index in [-0.39, 0.29) is 24.0 Å². The molecule has 0 fully saturated rings. The van der Waals surface area contributed by atoms with Crippen LogP contribution in [0.2, 0.25) is 0 Å². The zero-order valence-corrected chi connectivity index (χ0v) is 16.4. The highest BCUT2D eigenvalue weighted by Gasteiger charge is 2.29. The average Bonchev–Trinajstić information content (AvgIpc) is 3.34. The van der Waals surface area contributed by atoms with Crippen LogP contribution in [0.1, 0.15) is 34.5 Å². The van der Waals surface area contributed by atoms with Crippen LogP contribution in [0.5, 0.6) is 0 Å². The molecular weight excluding hydrogens is 404 g/mol. The van der Waals surface area contributed by atoms with Gasteiger partial charge < -0.3 is 15.2 Å². The smallest absolute Gasteiger partial charge is 0.412 e. The minimum absolute atomic E-state index is 0.0721. The van der Waals surface area contributed by atoms with Crippen LogP contribution in [-0.4, -0.2) is 46.0 Å². The summed E-state index contributed by atoms with van der Waals surface area (Å²) in [5.74, 6) is -2.49. The second-order valence-electron chi connectivity index (χ2n) is 6.95. The van der Waals surface area contributed by atoms with Crippen LogP contribution in [0.25, 0.3) is 11.1 Å². The Balaban J connectivity index is 1.43. The molecule has 0 unspecified atom stereocenters. The molecule has 0 saturated carbocycles. The van der Waals surface area contributed by atoms with Gasteiger partial charge in [0.25, 0.3) is 5.91 Å². The van der Waals surface area contributed by atoms with Crippen LogP contribution in [-0.2, 0) is 9.53 Å². The number of aromatic nitrogens is 2. The van der Waals surface area contributed by atoms with Crippen LogP contribution in [0.4, 0.5) is 10.6 Å². The number of hydrogen-bond acceptors (Lipinski definition) is 7. The lowest BCUT2D eigenvalue weighted by Gasteiger charge is -2.14. The molecule has 2 amide bonds. The number of anilines is 1. The van der Waals surface area contributed by atoms with Gasteiger partial charge in [-0.1, -0.05) is 48.5 Å². The predicted molar refractivity (Wildman–Crippen MR) is 108 cm³/mol. The summed E-state index contributed by atoms with van der Waals surface area (Å²) in [6.07, 6.45) is -0.849. The van der Waals surface area contributed by atoms with E-state index in [1.54, 1.807) is 0 Å². The van der Waals surface area contributed by atoms with Crippen molar-refractivity contribution in [2.24, 2.45) is 0 Å². The van der Waals surface area contributed by atoms with Gasteiger partial charge in [0, 0.05) is 5.92 Å². The van der Waals surface area contributed by atoms with Crippen molar-refractivity contribution < 1.29 is 28.9 Å². The Kier molecular flexibility index (Phi) is 5.35. The first-order chi connectivity index (χ1) is 15.0. The number of carbonyl (C=O) groups excluding carboxylic acids is 2. The number of carboxylic acids is 1. The number of fused-ring (bicyclic) bond motifs is 3. The number of hydrogen-bond donors (Lipinski definition) is 3. The van der Waals surface area contributed by atoms with Crippen molar-refractivity contribution in [1.29, 1.82) is 0 Å². The zero-order chi connectivity index (χ0) is 22.0. The Morgan fingerprint density at radius 1 is 1.06 bits per heavy atom. The summed E-state index contributed by atoms with van der Waals surface area (Å²) < 4.78 is 9.88. The number of carboxylic acid groups (broad SMARTS) is 1. The molecule has 0 saturated heterocycles. The predicted octanol–water partition coefficient (Wildman–Crippen LogP) is 2.63. The second kappa shape index (κ2) is 8.27. The molecule has 158 valence electrons. The third-order valence-electron chi connectivity index (χ3n) is 4.99. The highest BCUT2D eigenvalue weighted by molar-refractivity contribution is 6.01. The standard InChI is InChI=1S/C21H18N4O6/c1-11(20(27)28)22-19(26)17-18(25-31-24-17)23-21(29)30-10-16-14-8-4-2-6-12(14)13-7-3-5-9-15(13)16/h2-9,11,16H,10H2,1H3,(H,22,26)(H,27,28)(H,23,25,29)/t11-/m0/s1. The SMILES string of the molecule is C[C@H](NC(=O)c1nonc1NC(=O)OCC1c2ccccc2-c2ccccc21)C(=O)O. The molecule has 1 atom stereocenters. The Labute approximate surface area is 176 Å². The minimum atomic E-state index is -1.23. The summed E-state index contributed by atoms with van der Waals surface area (Å²) in [6, 6.07) is 14.7. The lowest BCUT2D eigenvalue weighted by atomic mass is 9.98. The maximum absolute atomic E-state index is 12.3. The Morgan fingerprint density at radius 2 is 1.68 bits per heavy atom. The first-order valence-electron chi connectivity index (χ1n) is 9.44. The number of rotatable bonds is 6. The van der Waals surface area contributed by atoms with E-state index >= 15 is 0 Å². The summed E-state index contributed by atoms with van der Waals surface area (Å²) >= 11 is 0. The third kappa shape index (κ3) is 3.95. The normalized spacial score (nSPS) is 13.1. The summed E-state index contributed by atoms with van der Waals surface area (Å²) in [4.78, 5) is 35.4. The van der Waals surface area contributed by atoms with E-state index in [4.69, 9.17) is 9.84 Å². The third-order valence-corrected chi connectivity index (χ3v) is 4.99. The van der Waals surface area contributed by atoms with Crippen LogP contribution in [0, 0.1) is 0 Å². The molecule has 4 rings (SSSR count). The Bertz CT molecular complexity index is 1110. The molecule has 0 bridgehead atoms. The topological polar surface area (TPSA) is 144 Å². The van der Waals surface area contributed by atoms with Gasteiger partial charge in [-0.15, -0.1) is 0 Å². The van der Waals surface area contributed by atoms with Gasteiger partial charge in [-0.25, -0.2) is 9.42 Å². The fourth-order valence-electron chi connectivity index (χ4n) is 3.48. The van der Waals surface area contributed by atoms with Crippen LogP contribution >= 0.6 is 0 Å². The number of ether oxygens (including phenoxy) is 1. The minimum Gasteiger partial charge on any atom is -0.480 e. The largest absolute Gasteiger partial charge is 0.480 e. The fourth-order valence-corrected chi connectivity index (χ4v) is 3.48. The number of nitrogens with one attached hydrogen (secondary N) is 2. The number of amides is 2. The van der Waals surface area contributed by atoms with E-state index in [1.165, 1.54) is 6.92 Å². The van der Waals surface area contributed by atoms with Gasteiger partial charge in [-0.2, -0.15) is 0 Å². The van der Waals surface area contributed by atoms with Crippen molar-refractivity contribution >= 4 is 23.8 Å². The first kappa shape index (κ1) is 20.1. The molecule has 0 spiro atoms. The average molecular weight is 422 g/mol. The maximum atomic E-state index is 12.3.